The van der Waals surface area contributed by atoms with Crippen molar-refractivity contribution in [3.05, 3.63) is 71.8 Å². The van der Waals surface area contributed by atoms with Gasteiger partial charge in [-0.3, -0.25) is 0 Å². The summed E-state index contributed by atoms with van der Waals surface area (Å²) in [6.45, 7) is 3.96. The first kappa shape index (κ1) is 12.8. The molecule has 2 aromatic carbocycles. The van der Waals surface area contributed by atoms with Crippen molar-refractivity contribution in [3.63, 3.8) is 0 Å². The molecule has 18 heavy (non-hydrogen) atoms. The minimum Gasteiger partial charge on any atom is -0.228 e. The van der Waals surface area contributed by atoms with Crippen molar-refractivity contribution >= 4 is 0 Å². The molecule has 0 aliphatic carbocycles. The first-order valence-electron chi connectivity index (χ1n) is 6.19. The maximum atomic E-state index is 5.44. The Labute approximate surface area is 108 Å². The summed E-state index contributed by atoms with van der Waals surface area (Å²) in [5.74, 6) is 0. The molecule has 0 heterocycles. The van der Waals surface area contributed by atoms with Gasteiger partial charge >= 0.3 is 0 Å². The van der Waals surface area contributed by atoms with Crippen molar-refractivity contribution in [1.82, 2.24) is 0 Å². The van der Waals surface area contributed by atoms with Gasteiger partial charge in [0.05, 0.1) is 0 Å². The van der Waals surface area contributed by atoms with Crippen LogP contribution in [-0.4, -0.2) is 0 Å². The van der Waals surface area contributed by atoms with E-state index in [1.807, 2.05) is 74.5 Å². The molecule has 2 nitrogen and oxygen atoms in total. The third-order valence-electron chi connectivity index (χ3n) is 2.88. The summed E-state index contributed by atoms with van der Waals surface area (Å²) in [4.78, 5) is 10.9. The van der Waals surface area contributed by atoms with Gasteiger partial charge in [0.1, 0.15) is 12.2 Å². The number of hydrogen-bond acceptors (Lipinski definition) is 2. The Hall–Kier alpha value is -1.64. The van der Waals surface area contributed by atoms with Gasteiger partial charge < -0.3 is 0 Å². The largest absolute Gasteiger partial charge is 0.228 e. The number of benzene rings is 2. The first-order valence-corrected chi connectivity index (χ1v) is 6.19. The molecule has 0 amide bonds. The number of hydrogen-bond donors (Lipinski definition) is 0. The van der Waals surface area contributed by atoms with E-state index in [4.69, 9.17) is 9.78 Å². The second kappa shape index (κ2) is 6.34. The van der Waals surface area contributed by atoms with Crippen LogP contribution >= 0.6 is 0 Å². The molecule has 0 fully saturated rings. The van der Waals surface area contributed by atoms with Crippen molar-refractivity contribution in [1.29, 1.82) is 0 Å². The molecule has 0 radical (unpaired) electrons. The molecule has 0 saturated heterocycles. The van der Waals surface area contributed by atoms with Gasteiger partial charge in [-0.2, -0.15) is 0 Å². The molecule has 0 aliphatic rings. The average Bonchev–Trinajstić information content (AvgIpc) is 2.46. The molecule has 0 bridgehead atoms. The molecule has 2 heteroatoms. The Morgan fingerprint density at radius 2 is 0.944 bits per heavy atom. The lowest BCUT2D eigenvalue weighted by Gasteiger charge is -2.16. The van der Waals surface area contributed by atoms with Gasteiger partial charge in [-0.05, 0) is 25.0 Å². The van der Waals surface area contributed by atoms with Crippen LogP contribution in [0.4, 0.5) is 0 Å². The topological polar surface area (TPSA) is 18.5 Å². The highest BCUT2D eigenvalue weighted by molar-refractivity contribution is 5.17. The molecule has 0 aliphatic heterocycles. The highest BCUT2D eigenvalue weighted by Crippen LogP contribution is 2.22. The third-order valence-corrected chi connectivity index (χ3v) is 2.88. The molecule has 0 saturated carbocycles. The summed E-state index contributed by atoms with van der Waals surface area (Å²) in [5, 5.41) is 0. The molecule has 94 valence electrons. The van der Waals surface area contributed by atoms with Gasteiger partial charge in [-0.25, -0.2) is 9.78 Å². The second-order valence-electron chi connectivity index (χ2n) is 4.30. The van der Waals surface area contributed by atoms with Crippen molar-refractivity contribution in [2.75, 3.05) is 0 Å². The Kier molecular flexibility index (Phi) is 4.51. The quantitative estimate of drug-likeness (QED) is 0.569. The van der Waals surface area contributed by atoms with Crippen LogP contribution in [0.1, 0.15) is 37.2 Å². The maximum absolute atomic E-state index is 5.44. The van der Waals surface area contributed by atoms with Crippen LogP contribution in [0.3, 0.4) is 0 Å². The zero-order valence-electron chi connectivity index (χ0n) is 10.7. The van der Waals surface area contributed by atoms with Gasteiger partial charge in [0.2, 0.25) is 0 Å². The van der Waals surface area contributed by atoms with Crippen LogP contribution in [0.2, 0.25) is 0 Å². The lowest BCUT2D eigenvalue weighted by molar-refractivity contribution is -0.350. The molecule has 2 rings (SSSR count). The highest BCUT2D eigenvalue weighted by Gasteiger charge is 2.10. The van der Waals surface area contributed by atoms with Gasteiger partial charge in [0.15, 0.2) is 0 Å². The Bertz CT molecular complexity index is 408. The molecule has 2 aromatic rings. The van der Waals surface area contributed by atoms with Crippen molar-refractivity contribution < 1.29 is 9.78 Å². The fourth-order valence-corrected chi connectivity index (χ4v) is 1.73. The van der Waals surface area contributed by atoms with Crippen molar-refractivity contribution in [3.8, 4) is 0 Å². The zero-order valence-corrected chi connectivity index (χ0v) is 10.7. The normalized spacial score (nSPS) is 14.1. The van der Waals surface area contributed by atoms with E-state index in [9.17, 15) is 0 Å². The average molecular weight is 242 g/mol. The summed E-state index contributed by atoms with van der Waals surface area (Å²) in [6.07, 6.45) is -0.144. The third kappa shape index (κ3) is 3.42. The van der Waals surface area contributed by atoms with E-state index in [-0.39, 0.29) is 12.2 Å². The van der Waals surface area contributed by atoms with E-state index >= 15 is 0 Å². The minimum atomic E-state index is -0.0719. The molecule has 0 N–H and O–H groups in total. The van der Waals surface area contributed by atoms with E-state index in [0.717, 1.165) is 11.1 Å². The van der Waals surface area contributed by atoms with Crippen LogP contribution in [0, 0.1) is 0 Å². The zero-order chi connectivity index (χ0) is 12.8. The summed E-state index contributed by atoms with van der Waals surface area (Å²) in [7, 11) is 0. The van der Waals surface area contributed by atoms with Gasteiger partial charge in [-0.15, -0.1) is 0 Å². The van der Waals surface area contributed by atoms with Crippen LogP contribution < -0.4 is 0 Å². The van der Waals surface area contributed by atoms with E-state index in [1.165, 1.54) is 0 Å². The van der Waals surface area contributed by atoms with Crippen molar-refractivity contribution in [2.24, 2.45) is 0 Å². The highest BCUT2D eigenvalue weighted by atomic mass is 17.2. The van der Waals surface area contributed by atoms with Crippen LogP contribution in [0.5, 0.6) is 0 Å². The summed E-state index contributed by atoms with van der Waals surface area (Å²) in [5.41, 5.74) is 2.22. The van der Waals surface area contributed by atoms with E-state index in [0.29, 0.717) is 0 Å². The summed E-state index contributed by atoms with van der Waals surface area (Å²) < 4.78 is 0. The van der Waals surface area contributed by atoms with Crippen LogP contribution in [0.25, 0.3) is 0 Å². The summed E-state index contributed by atoms with van der Waals surface area (Å²) >= 11 is 0. The number of rotatable bonds is 5. The van der Waals surface area contributed by atoms with Gasteiger partial charge in [0, 0.05) is 0 Å². The first-order chi connectivity index (χ1) is 8.77. The van der Waals surface area contributed by atoms with E-state index < -0.39 is 0 Å². The SMILES string of the molecule is CC(OOC(C)c1ccccc1)c1ccccc1. The molecule has 2 unspecified atom stereocenters. The Morgan fingerprint density at radius 3 is 1.28 bits per heavy atom. The second-order valence-corrected chi connectivity index (χ2v) is 4.30. The van der Waals surface area contributed by atoms with Crippen molar-refractivity contribution in [2.45, 2.75) is 26.1 Å². The van der Waals surface area contributed by atoms with Gasteiger partial charge in [0.25, 0.3) is 0 Å². The molecule has 0 aromatic heterocycles. The smallest absolute Gasteiger partial charge is 0.115 e. The fraction of sp³-hybridized carbons (Fsp3) is 0.250. The van der Waals surface area contributed by atoms with Gasteiger partial charge in [-0.1, -0.05) is 60.7 Å². The monoisotopic (exact) mass is 242 g/mol. The van der Waals surface area contributed by atoms with Crippen LogP contribution in [-0.2, 0) is 9.78 Å². The molecule has 0 spiro atoms. The van der Waals surface area contributed by atoms with Crippen LogP contribution in [0.15, 0.2) is 60.7 Å². The standard InChI is InChI=1S/C16H18O2/c1-13(15-9-5-3-6-10-15)17-18-14(2)16-11-7-4-8-12-16/h3-14H,1-2H3. The summed E-state index contributed by atoms with van der Waals surface area (Å²) in [6, 6.07) is 20.1. The molecular weight excluding hydrogens is 224 g/mol. The molecular formula is C16H18O2. The lowest BCUT2D eigenvalue weighted by atomic mass is 10.1. The minimum absolute atomic E-state index is 0.0719. The predicted octanol–water partition coefficient (Wildman–Crippen LogP) is 4.46. The fourth-order valence-electron chi connectivity index (χ4n) is 1.73. The molecule has 2 atom stereocenters. The lowest BCUT2D eigenvalue weighted by Crippen LogP contribution is -2.05. The van der Waals surface area contributed by atoms with E-state index in [1.54, 1.807) is 0 Å². The maximum Gasteiger partial charge on any atom is 0.115 e. The Morgan fingerprint density at radius 1 is 0.611 bits per heavy atom. The van der Waals surface area contributed by atoms with E-state index in [2.05, 4.69) is 0 Å². The predicted molar refractivity (Wildman–Crippen MR) is 71.9 cm³/mol. The Balaban J connectivity index is 1.89.